The van der Waals surface area contributed by atoms with Crippen molar-refractivity contribution in [3.05, 3.63) is 41.1 Å². The van der Waals surface area contributed by atoms with Crippen LogP contribution < -0.4 is 15.4 Å². The Morgan fingerprint density at radius 2 is 1.81 bits per heavy atom. The summed E-state index contributed by atoms with van der Waals surface area (Å²) in [5.74, 6) is 0.313. The molecule has 1 aliphatic rings. The third-order valence-corrected chi connectivity index (χ3v) is 3.93. The second-order valence-corrected chi connectivity index (χ2v) is 6.89. The van der Waals surface area contributed by atoms with Crippen molar-refractivity contribution in [1.82, 2.24) is 10.6 Å². The number of benzene rings is 1. The highest BCUT2D eigenvalue weighted by Gasteiger charge is 2.35. The number of esters is 1. The van der Waals surface area contributed by atoms with E-state index in [9.17, 15) is 9.59 Å². The molecular formula is C20H28N2O4. The van der Waals surface area contributed by atoms with E-state index in [4.69, 9.17) is 9.47 Å². The quantitative estimate of drug-likeness (QED) is 0.727. The van der Waals surface area contributed by atoms with Gasteiger partial charge in [-0.15, -0.1) is 0 Å². The highest BCUT2D eigenvalue weighted by atomic mass is 16.5. The van der Waals surface area contributed by atoms with E-state index < -0.39 is 12.0 Å². The second-order valence-electron chi connectivity index (χ2n) is 6.89. The number of nitrogens with one attached hydrogen (secondary N) is 2. The first-order valence-corrected chi connectivity index (χ1v) is 9.08. The first kappa shape index (κ1) is 19.8. The lowest BCUT2D eigenvalue weighted by molar-refractivity contribution is -0.143. The molecule has 0 radical (unpaired) electrons. The molecule has 1 aromatic carbocycles. The maximum Gasteiger partial charge on any atom is 0.338 e. The molecule has 1 unspecified atom stereocenters. The Bertz CT molecular complexity index is 678. The lowest BCUT2D eigenvalue weighted by Gasteiger charge is -2.31. The lowest BCUT2D eigenvalue weighted by atomic mass is 9.91. The number of ether oxygens (including phenoxy) is 2. The molecule has 0 spiro atoms. The van der Waals surface area contributed by atoms with Gasteiger partial charge in [0.25, 0.3) is 0 Å². The summed E-state index contributed by atoms with van der Waals surface area (Å²) in [6.45, 7) is 10.2. The van der Waals surface area contributed by atoms with Crippen LogP contribution in [0.5, 0.6) is 5.75 Å². The normalized spacial score (nSPS) is 17.2. The van der Waals surface area contributed by atoms with Crippen molar-refractivity contribution in [2.45, 2.75) is 53.2 Å². The van der Waals surface area contributed by atoms with E-state index in [1.165, 1.54) is 0 Å². The van der Waals surface area contributed by atoms with E-state index in [1.807, 2.05) is 45.0 Å². The van der Waals surface area contributed by atoms with Crippen molar-refractivity contribution in [2.24, 2.45) is 5.92 Å². The molecule has 0 saturated heterocycles. The minimum absolute atomic E-state index is 0.0228. The van der Waals surface area contributed by atoms with Gasteiger partial charge in [-0.2, -0.15) is 0 Å². The van der Waals surface area contributed by atoms with Crippen LogP contribution in [0, 0.1) is 5.92 Å². The van der Waals surface area contributed by atoms with Gasteiger partial charge in [0, 0.05) is 5.70 Å². The second kappa shape index (κ2) is 8.74. The fourth-order valence-corrected chi connectivity index (χ4v) is 2.77. The highest BCUT2D eigenvalue weighted by Crippen LogP contribution is 2.31. The fourth-order valence-electron chi connectivity index (χ4n) is 2.77. The van der Waals surface area contributed by atoms with Crippen LogP contribution in [0.4, 0.5) is 4.79 Å². The van der Waals surface area contributed by atoms with Gasteiger partial charge in [-0.25, -0.2) is 9.59 Å². The fraction of sp³-hybridized carbons (Fsp3) is 0.500. The van der Waals surface area contributed by atoms with Crippen molar-refractivity contribution in [2.75, 3.05) is 6.61 Å². The predicted octanol–water partition coefficient (Wildman–Crippen LogP) is 3.69. The van der Waals surface area contributed by atoms with Crippen LogP contribution in [0.25, 0.3) is 0 Å². The number of rotatable bonds is 7. The first-order chi connectivity index (χ1) is 12.3. The Morgan fingerprint density at radius 1 is 1.15 bits per heavy atom. The maximum absolute atomic E-state index is 12.7. The van der Waals surface area contributed by atoms with Gasteiger partial charge in [0.05, 0.1) is 24.3 Å². The van der Waals surface area contributed by atoms with Crippen LogP contribution in [-0.2, 0) is 9.53 Å². The van der Waals surface area contributed by atoms with Crippen LogP contribution in [0.3, 0.4) is 0 Å². The van der Waals surface area contributed by atoms with Crippen LogP contribution >= 0.6 is 0 Å². The Kier molecular flexibility index (Phi) is 6.66. The summed E-state index contributed by atoms with van der Waals surface area (Å²) in [6.07, 6.45) is 0.684. The third kappa shape index (κ3) is 4.77. The summed E-state index contributed by atoms with van der Waals surface area (Å²) >= 11 is 0. The number of hydrogen-bond donors (Lipinski definition) is 2. The molecule has 6 heteroatoms. The summed E-state index contributed by atoms with van der Waals surface area (Å²) in [4.78, 5) is 24.9. The molecule has 1 aromatic rings. The number of urea groups is 1. The smallest absolute Gasteiger partial charge is 0.338 e. The van der Waals surface area contributed by atoms with Crippen LogP contribution in [-0.4, -0.2) is 24.7 Å². The average molecular weight is 360 g/mol. The van der Waals surface area contributed by atoms with Crippen molar-refractivity contribution in [3.8, 4) is 5.75 Å². The zero-order valence-corrected chi connectivity index (χ0v) is 16.1. The summed E-state index contributed by atoms with van der Waals surface area (Å²) in [5.41, 5.74) is 1.84. The topological polar surface area (TPSA) is 76.7 Å². The standard InChI is InChI=1S/C20H28N2O4/c1-6-11-25-15-9-7-14(8-10-15)18-16(19(23)26-13(4)5)17(12(2)3)21-20(24)22-18/h7-10,12-13,18H,6,11H2,1-5H3,(H2,21,22,24). The summed E-state index contributed by atoms with van der Waals surface area (Å²) in [6, 6.07) is 6.53. The van der Waals surface area contributed by atoms with Gasteiger partial charge in [-0.1, -0.05) is 32.9 Å². The van der Waals surface area contributed by atoms with E-state index in [0.717, 1.165) is 17.7 Å². The van der Waals surface area contributed by atoms with Crippen molar-refractivity contribution in [1.29, 1.82) is 0 Å². The minimum Gasteiger partial charge on any atom is -0.494 e. The Hall–Kier alpha value is -2.50. The molecule has 1 atom stereocenters. The molecular weight excluding hydrogens is 332 g/mol. The summed E-state index contributed by atoms with van der Waals surface area (Å²) in [5, 5.41) is 5.60. The summed E-state index contributed by atoms with van der Waals surface area (Å²) in [7, 11) is 0. The van der Waals surface area contributed by atoms with Gasteiger partial charge in [0.15, 0.2) is 0 Å². The monoisotopic (exact) mass is 360 g/mol. The zero-order chi connectivity index (χ0) is 19.3. The van der Waals surface area contributed by atoms with Crippen LogP contribution in [0.15, 0.2) is 35.5 Å². The number of carbonyl (C=O) groups excluding carboxylic acids is 2. The molecule has 2 amide bonds. The van der Waals surface area contributed by atoms with Gasteiger partial charge in [-0.05, 0) is 43.9 Å². The maximum atomic E-state index is 12.7. The number of hydrogen-bond acceptors (Lipinski definition) is 4. The number of carbonyl (C=O) groups is 2. The molecule has 26 heavy (non-hydrogen) atoms. The van der Waals surface area contributed by atoms with E-state index in [0.29, 0.717) is 17.9 Å². The van der Waals surface area contributed by atoms with E-state index in [-0.39, 0.29) is 18.1 Å². The largest absolute Gasteiger partial charge is 0.494 e. The molecule has 142 valence electrons. The zero-order valence-electron chi connectivity index (χ0n) is 16.1. The van der Waals surface area contributed by atoms with Crippen LogP contribution in [0.2, 0.25) is 0 Å². The average Bonchev–Trinajstić information content (AvgIpc) is 2.58. The highest BCUT2D eigenvalue weighted by molar-refractivity contribution is 5.95. The Balaban J connectivity index is 2.40. The molecule has 0 fully saturated rings. The first-order valence-electron chi connectivity index (χ1n) is 9.08. The molecule has 1 aliphatic heterocycles. The number of allylic oxidation sites excluding steroid dienone is 1. The molecule has 6 nitrogen and oxygen atoms in total. The SMILES string of the molecule is CCCOc1ccc(C2NC(=O)NC(C(C)C)=C2C(=O)OC(C)C)cc1. The molecule has 2 rings (SSSR count). The van der Waals surface area contributed by atoms with Gasteiger partial charge in [0.2, 0.25) is 0 Å². The van der Waals surface area contributed by atoms with Gasteiger partial charge in [0.1, 0.15) is 5.75 Å². The van der Waals surface area contributed by atoms with Gasteiger partial charge >= 0.3 is 12.0 Å². The molecule has 1 heterocycles. The summed E-state index contributed by atoms with van der Waals surface area (Å²) < 4.78 is 11.0. The van der Waals surface area contributed by atoms with Crippen molar-refractivity contribution >= 4 is 12.0 Å². The van der Waals surface area contributed by atoms with Crippen molar-refractivity contribution in [3.63, 3.8) is 0 Å². The van der Waals surface area contributed by atoms with Crippen molar-refractivity contribution < 1.29 is 19.1 Å². The van der Waals surface area contributed by atoms with E-state index in [2.05, 4.69) is 10.6 Å². The van der Waals surface area contributed by atoms with Gasteiger partial charge < -0.3 is 20.1 Å². The van der Waals surface area contributed by atoms with E-state index >= 15 is 0 Å². The molecule has 0 bridgehead atoms. The minimum atomic E-state index is -0.562. The Labute approximate surface area is 154 Å². The van der Waals surface area contributed by atoms with Gasteiger partial charge in [-0.3, -0.25) is 0 Å². The number of amides is 2. The lowest BCUT2D eigenvalue weighted by Crippen LogP contribution is -2.47. The molecule has 0 aromatic heterocycles. The Morgan fingerprint density at radius 3 is 2.35 bits per heavy atom. The third-order valence-electron chi connectivity index (χ3n) is 3.93. The molecule has 0 aliphatic carbocycles. The molecule has 0 saturated carbocycles. The predicted molar refractivity (Wildman–Crippen MR) is 99.7 cm³/mol. The molecule has 2 N–H and O–H groups in total. The van der Waals surface area contributed by atoms with E-state index in [1.54, 1.807) is 13.8 Å². The van der Waals surface area contributed by atoms with Crippen LogP contribution in [0.1, 0.15) is 52.6 Å².